The highest BCUT2D eigenvalue weighted by Crippen LogP contribution is 2.36. The van der Waals surface area contributed by atoms with Gasteiger partial charge in [0.05, 0.1) is 0 Å². The second-order valence-electron chi connectivity index (χ2n) is 3.11. The molecule has 0 heterocycles. The first-order chi connectivity index (χ1) is 6.20. The van der Waals surface area contributed by atoms with E-state index in [1.54, 1.807) is 13.0 Å². The van der Waals surface area contributed by atoms with Crippen molar-refractivity contribution in [2.45, 2.75) is 6.92 Å². The average molecular weight is 174 g/mol. The van der Waals surface area contributed by atoms with Crippen molar-refractivity contribution >= 4 is 10.8 Å². The summed E-state index contributed by atoms with van der Waals surface area (Å²) in [6, 6.07) is 9.27. The van der Waals surface area contributed by atoms with Gasteiger partial charge >= 0.3 is 0 Å². The van der Waals surface area contributed by atoms with Crippen LogP contribution in [0.5, 0.6) is 11.5 Å². The predicted octanol–water partition coefficient (Wildman–Crippen LogP) is 2.56. The molecular weight excluding hydrogens is 164 g/mol. The van der Waals surface area contributed by atoms with E-state index in [0.717, 1.165) is 5.39 Å². The molecule has 0 atom stereocenters. The number of rotatable bonds is 0. The SMILES string of the molecule is Cc1cc2ccccc2c(O)c1O. The Kier molecular flexibility index (Phi) is 1.62. The van der Waals surface area contributed by atoms with Crippen LogP contribution in [0.15, 0.2) is 30.3 Å². The van der Waals surface area contributed by atoms with Crippen LogP contribution in [-0.4, -0.2) is 10.2 Å². The molecule has 0 amide bonds. The maximum atomic E-state index is 9.59. The molecule has 0 aliphatic heterocycles. The summed E-state index contributed by atoms with van der Waals surface area (Å²) < 4.78 is 0. The average Bonchev–Trinajstić information content (AvgIpc) is 2.15. The van der Waals surface area contributed by atoms with E-state index in [1.165, 1.54) is 0 Å². The van der Waals surface area contributed by atoms with E-state index in [9.17, 15) is 10.2 Å². The molecule has 0 fully saturated rings. The Morgan fingerprint density at radius 1 is 1.00 bits per heavy atom. The summed E-state index contributed by atoms with van der Waals surface area (Å²) in [5.74, 6) is -0.0608. The van der Waals surface area contributed by atoms with Crippen LogP contribution in [0, 0.1) is 6.92 Å². The van der Waals surface area contributed by atoms with Gasteiger partial charge in [0.2, 0.25) is 0 Å². The first-order valence-electron chi connectivity index (χ1n) is 4.10. The fourth-order valence-corrected chi connectivity index (χ4v) is 1.45. The van der Waals surface area contributed by atoms with E-state index in [1.807, 2.05) is 24.3 Å². The van der Waals surface area contributed by atoms with Gasteiger partial charge in [-0.2, -0.15) is 0 Å². The topological polar surface area (TPSA) is 40.5 Å². The Morgan fingerprint density at radius 2 is 1.69 bits per heavy atom. The molecule has 2 heteroatoms. The monoisotopic (exact) mass is 174 g/mol. The Labute approximate surface area is 76.1 Å². The van der Waals surface area contributed by atoms with Gasteiger partial charge in [-0.05, 0) is 23.9 Å². The van der Waals surface area contributed by atoms with Gasteiger partial charge in [-0.25, -0.2) is 0 Å². The zero-order chi connectivity index (χ0) is 9.42. The van der Waals surface area contributed by atoms with Crippen molar-refractivity contribution < 1.29 is 10.2 Å². The summed E-state index contributed by atoms with van der Waals surface area (Å²) in [6.07, 6.45) is 0. The van der Waals surface area contributed by atoms with Gasteiger partial charge in [0, 0.05) is 5.39 Å². The molecule has 2 nitrogen and oxygen atoms in total. The first kappa shape index (κ1) is 7.92. The highest BCUT2D eigenvalue weighted by Gasteiger charge is 2.07. The van der Waals surface area contributed by atoms with Crippen molar-refractivity contribution in [2.24, 2.45) is 0 Å². The number of fused-ring (bicyclic) bond motifs is 1. The van der Waals surface area contributed by atoms with Crippen LogP contribution < -0.4 is 0 Å². The predicted molar refractivity (Wildman–Crippen MR) is 52.0 cm³/mol. The molecule has 0 spiro atoms. The zero-order valence-electron chi connectivity index (χ0n) is 7.28. The Balaban J connectivity index is 2.94. The Hall–Kier alpha value is -1.70. The number of phenolic OH excluding ortho intramolecular Hbond substituents is 2. The summed E-state index contributed by atoms with van der Waals surface area (Å²) in [4.78, 5) is 0. The van der Waals surface area contributed by atoms with Crippen LogP contribution in [0.4, 0.5) is 0 Å². The molecule has 0 aliphatic rings. The number of aryl methyl sites for hydroxylation is 1. The molecule has 2 aromatic carbocycles. The third kappa shape index (κ3) is 1.11. The molecular formula is C11H10O2. The lowest BCUT2D eigenvalue weighted by Crippen LogP contribution is -1.79. The van der Waals surface area contributed by atoms with Gasteiger partial charge in [-0.1, -0.05) is 24.3 Å². The molecule has 2 aromatic rings. The van der Waals surface area contributed by atoms with Crippen LogP contribution in [-0.2, 0) is 0 Å². The fourth-order valence-electron chi connectivity index (χ4n) is 1.45. The molecule has 2 rings (SSSR count). The number of phenols is 2. The second kappa shape index (κ2) is 2.66. The lowest BCUT2D eigenvalue weighted by Gasteiger charge is -2.05. The highest BCUT2D eigenvalue weighted by atomic mass is 16.3. The van der Waals surface area contributed by atoms with Crippen molar-refractivity contribution in [3.8, 4) is 11.5 Å². The van der Waals surface area contributed by atoms with Gasteiger partial charge in [0.25, 0.3) is 0 Å². The molecule has 66 valence electrons. The molecule has 0 aliphatic carbocycles. The van der Waals surface area contributed by atoms with E-state index in [4.69, 9.17) is 0 Å². The number of hydrogen-bond donors (Lipinski definition) is 2. The van der Waals surface area contributed by atoms with Crippen LogP contribution in [0.25, 0.3) is 10.8 Å². The molecule has 0 unspecified atom stereocenters. The lowest BCUT2D eigenvalue weighted by molar-refractivity contribution is 0.405. The standard InChI is InChI=1S/C11H10O2/c1-7-6-8-4-2-3-5-9(8)11(13)10(7)12/h2-6,12-13H,1H3. The van der Waals surface area contributed by atoms with Gasteiger partial charge < -0.3 is 10.2 Å². The van der Waals surface area contributed by atoms with E-state index < -0.39 is 0 Å². The van der Waals surface area contributed by atoms with Crippen molar-refractivity contribution in [1.82, 2.24) is 0 Å². The van der Waals surface area contributed by atoms with Gasteiger partial charge in [0.1, 0.15) is 0 Å². The summed E-state index contributed by atoms with van der Waals surface area (Å²) >= 11 is 0. The maximum Gasteiger partial charge on any atom is 0.165 e. The molecule has 0 radical (unpaired) electrons. The van der Waals surface area contributed by atoms with E-state index >= 15 is 0 Å². The van der Waals surface area contributed by atoms with Crippen LogP contribution in [0.2, 0.25) is 0 Å². The minimum absolute atomic E-state index is 0.0290. The van der Waals surface area contributed by atoms with Gasteiger partial charge in [-0.15, -0.1) is 0 Å². The summed E-state index contributed by atoms with van der Waals surface area (Å²) in [5, 5.41) is 20.7. The minimum Gasteiger partial charge on any atom is -0.504 e. The molecule has 13 heavy (non-hydrogen) atoms. The number of benzene rings is 2. The van der Waals surface area contributed by atoms with E-state index in [-0.39, 0.29) is 11.5 Å². The quantitative estimate of drug-likeness (QED) is 0.602. The van der Waals surface area contributed by atoms with Gasteiger partial charge in [-0.3, -0.25) is 0 Å². The molecule has 2 N–H and O–H groups in total. The fraction of sp³-hybridized carbons (Fsp3) is 0.0909. The van der Waals surface area contributed by atoms with Crippen LogP contribution in [0.1, 0.15) is 5.56 Å². The summed E-state index contributed by atoms with van der Waals surface area (Å²) in [6.45, 7) is 1.77. The molecule has 0 saturated heterocycles. The second-order valence-corrected chi connectivity index (χ2v) is 3.11. The Bertz CT molecular complexity index is 461. The minimum atomic E-state index is -0.0319. The van der Waals surface area contributed by atoms with Crippen molar-refractivity contribution in [2.75, 3.05) is 0 Å². The Morgan fingerprint density at radius 3 is 2.46 bits per heavy atom. The summed E-state index contributed by atoms with van der Waals surface area (Å²) in [5.41, 5.74) is 0.691. The van der Waals surface area contributed by atoms with Crippen molar-refractivity contribution in [3.63, 3.8) is 0 Å². The highest BCUT2D eigenvalue weighted by molar-refractivity contribution is 5.91. The molecule has 0 saturated carbocycles. The van der Waals surface area contributed by atoms with Crippen LogP contribution in [0.3, 0.4) is 0 Å². The van der Waals surface area contributed by atoms with E-state index in [2.05, 4.69) is 0 Å². The molecule has 0 aromatic heterocycles. The van der Waals surface area contributed by atoms with Crippen molar-refractivity contribution in [1.29, 1.82) is 0 Å². The number of aromatic hydroxyl groups is 2. The third-order valence-corrected chi connectivity index (χ3v) is 2.19. The maximum absolute atomic E-state index is 9.59. The third-order valence-electron chi connectivity index (χ3n) is 2.19. The zero-order valence-corrected chi connectivity index (χ0v) is 7.28. The smallest absolute Gasteiger partial charge is 0.165 e. The van der Waals surface area contributed by atoms with Crippen molar-refractivity contribution in [3.05, 3.63) is 35.9 Å². The van der Waals surface area contributed by atoms with Crippen LogP contribution >= 0.6 is 0 Å². The first-order valence-corrected chi connectivity index (χ1v) is 4.10. The largest absolute Gasteiger partial charge is 0.504 e. The normalized spacial score (nSPS) is 10.5. The number of hydrogen-bond acceptors (Lipinski definition) is 2. The summed E-state index contributed by atoms with van der Waals surface area (Å²) in [7, 11) is 0. The lowest BCUT2D eigenvalue weighted by atomic mass is 10.1. The van der Waals surface area contributed by atoms with Gasteiger partial charge in [0.15, 0.2) is 11.5 Å². The van der Waals surface area contributed by atoms with E-state index in [0.29, 0.717) is 10.9 Å². The molecule has 0 bridgehead atoms.